The lowest BCUT2D eigenvalue weighted by Gasteiger charge is -2.34. The number of rotatable bonds is 12. The van der Waals surface area contributed by atoms with E-state index in [4.69, 9.17) is 23.7 Å². The van der Waals surface area contributed by atoms with Crippen molar-refractivity contribution < 1.29 is 23.7 Å². The molecule has 0 amide bonds. The Kier molecular flexibility index (Phi) is 10.2. The second-order valence-corrected chi connectivity index (χ2v) is 13.2. The van der Waals surface area contributed by atoms with E-state index in [1.165, 1.54) is 0 Å². The van der Waals surface area contributed by atoms with Crippen molar-refractivity contribution in [3.05, 3.63) is 0 Å². The number of hydrogen-bond donors (Lipinski definition) is 0. The summed E-state index contributed by atoms with van der Waals surface area (Å²) in [4.78, 5) is 0. The molecule has 36 heavy (non-hydrogen) atoms. The van der Waals surface area contributed by atoms with Gasteiger partial charge in [-0.2, -0.15) is 0 Å². The van der Waals surface area contributed by atoms with Crippen molar-refractivity contribution in [2.45, 2.75) is 116 Å². The molecule has 3 unspecified atom stereocenters. The molecule has 12 atom stereocenters. The van der Waals surface area contributed by atoms with Crippen molar-refractivity contribution in [1.29, 1.82) is 0 Å². The molecular weight excluding hydrogens is 449 g/mol. The highest BCUT2D eigenvalue weighted by molar-refractivity contribution is 6.12. The zero-order valence-electron chi connectivity index (χ0n) is 25.4. The van der Waals surface area contributed by atoms with Gasteiger partial charge in [0.05, 0.1) is 30.0 Å². The van der Waals surface area contributed by atoms with Crippen molar-refractivity contribution in [3.8, 4) is 0 Å². The molecule has 0 radical (unpaired) electrons. The molecule has 3 saturated heterocycles. The van der Waals surface area contributed by atoms with Crippen LogP contribution in [0.5, 0.6) is 0 Å². The van der Waals surface area contributed by atoms with Gasteiger partial charge in [0.25, 0.3) is 0 Å². The summed E-state index contributed by atoms with van der Waals surface area (Å²) in [5.41, 5.74) is -0.494. The van der Waals surface area contributed by atoms with Gasteiger partial charge >= 0.3 is 0 Å². The normalized spacial score (nSPS) is 49.2. The third kappa shape index (κ3) is 6.08. The fraction of sp³-hybridized carbons (Fsp3) is 1.00. The summed E-state index contributed by atoms with van der Waals surface area (Å²) in [5.74, 6) is 3.12. The minimum Gasteiger partial charge on any atom is -0.381 e. The minimum atomic E-state index is -0.274. The van der Waals surface area contributed by atoms with Crippen LogP contribution < -0.4 is 0 Å². The quantitative estimate of drug-likeness (QED) is 0.302. The van der Waals surface area contributed by atoms with Gasteiger partial charge in [-0.05, 0) is 75.5 Å². The fourth-order valence-electron chi connectivity index (χ4n) is 8.05. The predicted molar refractivity (Wildman–Crippen MR) is 155 cm³/mol. The maximum atomic E-state index is 6.53. The van der Waals surface area contributed by atoms with Crippen molar-refractivity contribution in [3.63, 3.8) is 0 Å². The topological polar surface area (TPSA) is 46.2 Å². The molecule has 3 heterocycles. The van der Waals surface area contributed by atoms with E-state index in [-0.39, 0.29) is 22.8 Å². The van der Waals surface area contributed by atoms with Crippen LogP contribution in [0.3, 0.4) is 0 Å². The molecule has 0 bridgehead atoms. The van der Waals surface area contributed by atoms with Crippen LogP contribution in [0.4, 0.5) is 0 Å². The molecule has 5 nitrogen and oxygen atoms in total. The van der Waals surface area contributed by atoms with Gasteiger partial charge in [-0.1, -0.05) is 41.0 Å². The molecule has 3 fully saturated rings. The maximum Gasteiger partial charge on any atom is 0.139 e. The molecule has 3 aliphatic rings. The van der Waals surface area contributed by atoms with Crippen LogP contribution in [0.25, 0.3) is 0 Å². The Morgan fingerprint density at radius 3 is 1.39 bits per heavy atom. The van der Waals surface area contributed by atoms with E-state index in [1.807, 2.05) is 0 Å². The first-order chi connectivity index (χ1) is 16.8. The van der Waals surface area contributed by atoms with Crippen LogP contribution in [-0.2, 0) is 23.7 Å². The molecule has 0 spiro atoms. The highest BCUT2D eigenvalue weighted by Crippen LogP contribution is 2.45. The summed E-state index contributed by atoms with van der Waals surface area (Å²) in [6.45, 7) is 21.1. The summed E-state index contributed by atoms with van der Waals surface area (Å²) >= 11 is 0. The molecule has 0 aliphatic carbocycles. The van der Waals surface area contributed by atoms with Crippen molar-refractivity contribution in [2.24, 2.45) is 35.5 Å². The fourth-order valence-corrected chi connectivity index (χ4v) is 8.05. The van der Waals surface area contributed by atoms with Gasteiger partial charge < -0.3 is 23.7 Å². The summed E-state index contributed by atoms with van der Waals surface area (Å²) in [7, 11) is 6.62. The minimum absolute atomic E-state index is 0.0368. The largest absolute Gasteiger partial charge is 0.381 e. The Bertz CT molecular complexity index is 715. The van der Waals surface area contributed by atoms with Gasteiger partial charge in [0.15, 0.2) is 0 Å². The summed E-state index contributed by atoms with van der Waals surface area (Å²) < 4.78 is 31.9. The van der Waals surface area contributed by atoms with Crippen LogP contribution >= 0.6 is 0 Å². The van der Waals surface area contributed by atoms with Gasteiger partial charge in [0, 0.05) is 31.2 Å². The lowest BCUT2D eigenvalue weighted by atomic mass is 9.74. The molecule has 3 aliphatic heterocycles. The third-order valence-corrected chi connectivity index (χ3v) is 10.9. The standard InChI is InChI=1S/C28H55B3O5/c1-9-20-17(3)23(29)35-27(20,7)15-32-14-12-22-19(5)25(31)36-28(22,8)16-33-13-11-21-18(4)24(30)34-26(21,6)10-2/h17-25H,9-16,29-31H2,1-8H3/t17?,18?,19?,20-,21-,22-,23-,24-,25-,26-,27-,28-/m1/s1. The average Bonchev–Trinajstić information content (AvgIpc) is 3.27. The van der Waals surface area contributed by atoms with Crippen LogP contribution in [0, 0.1) is 35.5 Å². The lowest BCUT2D eigenvalue weighted by Crippen LogP contribution is -2.41. The second kappa shape index (κ2) is 12.0. The van der Waals surface area contributed by atoms with E-state index in [1.54, 1.807) is 0 Å². The molecule has 0 saturated carbocycles. The van der Waals surface area contributed by atoms with Crippen LogP contribution in [0.2, 0.25) is 0 Å². The van der Waals surface area contributed by atoms with Crippen LogP contribution in [0.1, 0.15) is 81.1 Å². The lowest BCUT2D eigenvalue weighted by molar-refractivity contribution is -0.0982. The van der Waals surface area contributed by atoms with E-state index < -0.39 is 0 Å². The van der Waals surface area contributed by atoms with E-state index in [2.05, 4.69) is 78.9 Å². The van der Waals surface area contributed by atoms with Gasteiger partial charge in [0.1, 0.15) is 23.5 Å². The zero-order chi connectivity index (χ0) is 26.9. The Labute approximate surface area is 225 Å². The molecule has 0 aromatic rings. The van der Waals surface area contributed by atoms with E-state index in [0.29, 0.717) is 60.7 Å². The third-order valence-electron chi connectivity index (χ3n) is 10.9. The molecular formula is C28H55B3O5. The molecule has 0 N–H and O–H groups in total. The zero-order valence-corrected chi connectivity index (χ0v) is 25.4. The molecule has 8 heteroatoms. The van der Waals surface area contributed by atoms with E-state index in [0.717, 1.165) is 38.9 Å². The molecule has 0 aromatic carbocycles. The Morgan fingerprint density at radius 1 is 0.611 bits per heavy atom. The Balaban J connectivity index is 1.49. The first-order valence-electron chi connectivity index (χ1n) is 15.0. The van der Waals surface area contributed by atoms with Gasteiger partial charge in [-0.25, -0.2) is 0 Å². The van der Waals surface area contributed by atoms with Crippen molar-refractivity contribution >= 4 is 23.5 Å². The van der Waals surface area contributed by atoms with Crippen LogP contribution in [0.15, 0.2) is 0 Å². The number of hydrogen-bond acceptors (Lipinski definition) is 5. The molecule has 0 aromatic heterocycles. The molecule has 206 valence electrons. The van der Waals surface area contributed by atoms with E-state index in [9.17, 15) is 0 Å². The first-order valence-corrected chi connectivity index (χ1v) is 15.0. The second-order valence-electron chi connectivity index (χ2n) is 13.2. The smallest absolute Gasteiger partial charge is 0.139 e. The SMILES string of the molecule is B[C@@H]1O[C@](C)(CC)[C@H](CCOC[C@@]2(C)O[C@@H](B)C(C)[C@H]2CCOC[C@@]2(C)O[C@@H](B)C(C)[C@H]2CC)C1C. The predicted octanol–water partition coefficient (Wildman–Crippen LogP) is 2.62. The van der Waals surface area contributed by atoms with Crippen molar-refractivity contribution in [1.82, 2.24) is 0 Å². The summed E-state index contributed by atoms with van der Waals surface area (Å²) in [6.07, 6.45) is 4.21. The van der Waals surface area contributed by atoms with Crippen molar-refractivity contribution in [2.75, 3.05) is 26.4 Å². The van der Waals surface area contributed by atoms with Crippen LogP contribution in [-0.4, -0.2) is 84.8 Å². The Morgan fingerprint density at radius 2 is 0.972 bits per heavy atom. The summed E-state index contributed by atoms with van der Waals surface area (Å²) in [5, 5.41) is 0. The van der Waals surface area contributed by atoms with Gasteiger partial charge in [-0.3, -0.25) is 0 Å². The maximum absolute atomic E-state index is 6.53. The Hall–Kier alpha value is -0.00519. The average molecular weight is 504 g/mol. The highest BCUT2D eigenvalue weighted by Gasteiger charge is 2.50. The number of ether oxygens (including phenoxy) is 5. The van der Waals surface area contributed by atoms with E-state index >= 15 is 0 Å². The highest BCUT2D eigenvalue weighted by atomic mass is 16.6. The monoisotopic (exact) mass is 504 g/mol. The molecule has 3 rings (SSSR count). The van der Waals surface area contributed by atoms with Gasteiger partial charge in [0.2, 0.25) is 0 Å². The van der Waals surface area contributed by atoms with Gasteiger partial charge in [-0.15, -0.1) is 0 Å². The summed E-state index contributed by atoms with van der Waals surface area (Å²) in [6, 6.07) is 0.848. The first kappa shape index (κ1) is 30.5.